The molecule has 2 amide bonds. The van der Waals surface area contributed by atoms with Gasteiger partial charge in [0.25, 0.3) is 0 Å². The normalized spacial score (nSPS) is 14.4. The molecule has 1 aliphatic rings. The summed E-state index contributed by atoms with van der Waals surface area (Å²) in [5.74, 6) is -2.64. The molecule has 1 saturated heterocycles. The van der Waals surface area contributed by atoms with Gasteiger partial charge in [0, 0.05) is 57.5 Å². The second kappa shape index (κ2) is 13.0. The number of rotatable bonds is 11. The van der Waals surface area contributed by atoms with Crippen LogP contribution in [0.15, 0.2) is 42.5 Å². The molecule has 36 heavy (non-hydrogen) atoms. The van der Waals surface area contributed by atoms with Gasteiger partial charge in [-0.05, 0) is 23.8 Å². The number of carbonyl (C=O) groups excluding carboxylic acids is 1. The molecular formula is C25H31ClFN3O6. The van der Waals surface area contributed by atoms with Crippen LogP contribution >= 0.6 is 11.6 Å². The van der Waals surface area contributed by atoms with Crippen molar-refractivity contribution in [3.05, 3.63) is 70.0 Å². The van der Waals surface area contributed by atoms with E-state index < -0.39 is 23.6 Å². The molecule has 2 aromatic carbocycles. The smallest absolute Gasteiger partial charge is 0.407 e. The van der Waals surface area contributed by atoms with Crippen LogP contribution in [0.25, 0.3) is 0 Å². The highest BCUT2D eigenvalue weighted by Gasteiger charge is 2.39. The monoisotopic (exact) mass is 523 g/mol. The number of methoxy groups -OCH3 is 2. The number of benzene rings is 2. The fourth-order valence-corrected chi connectivity index (χ4v) is 4.33. The summed E-state index contributed by atoms with van der Waals surface area (Å²) in [5.41, 5.74) is 1.12. The predicted molar refractivity (Wildman–Crippen MR) is 131 cm³/mol. The van der Waals surface area contributed by atoms with Crippen molar-refractivity contribution in [2.45, 2.75) is 12.3 Å². The Kier molecular flexibility index (Phi) is 10.0. The molecule has 3 rings (SSSR count). The molecule has 0 unspecified atom stereocenters. The Balaban J connectivity index is 1.74. The van der Waals surface area contributed by atoms with Crippen LogP contribution in [0.2, 0.25) is 5.02 Å². The number of nitrogens with one attached hydrogen (secondary N) is 1. The Morgan fingerprint density at radius 3 is 2.50 bits per heavy atom. The first-order chi connectivity index (χ1) is 17.3. The molecule has 0 atom stereocenters. The number of ether oxygens (including phenoxy) is 3. The number of amides is 2. The van der Waals surface area contributed by atoms with Crippen LogP contribution in [0.5, 0.6) is 0 Å². The van der Waals surface area contributed by atoms with Crippen LogP contribution in [-0.4, -0.2) is 87.1 Å². The lowest BCUT2D eigenvalue weighted by atomic mass is 9.92. The van der Waals surface area contributed by atoms with Gasteiger partial charge in [-0.2, -0.15) is 0 Å². The second-order valence-corrected chi connectivity index (χ2v) is 8.68. The zero-order valence-electron chi connectivity index (χ0n) is 20.3. The highest BCUT2D eigenvalue weighted by Crippen LogP contribution is 2.38. The van der Waals surface area contributed by atoms with Crippen molar-refractivity contribution in [3.63, 3.8) is 0 Å². The minimum absolute atomic E-state index is 0.0190. The molecular weight excluding hydrogens is 493 g/mol. The van der Waals surface area contributed by atoms with E-state index >= 15 is 0 Å². The standard InChI is InChI=1S/C25H31ClFN3O6/c1-34-25(35-2,20-5-3-4-6-22(20)27)21-15-19(26)8-7-18(21)16-28-23(31)17-30(24(32)33)10-9-29-11-13-36-14-12-29/h3-8,15H,9-14,16-17H2,1-2H3,(H,28,31)(H,32,33). The maximum absolute atomic E-state index is 14.8. The van der Waals surface area contributed by atoms with Gasteiger partial charge >= 0.3 is 6.09 Å². The first-order valence-electron chi connectivity index (χ1n) is 11.5. The lowest BCUT2D eigenvalue weighted by Crippen LogP contribution is -2.46. The number of hydrogen-bond acceptors (Lipinski definition) is 6. The number of nitrogens with zero attached hydrogens (tertiary/aromatic N) is 2. The molecule has 1 heterocycles. The van der Waals surface area contributed by atoms with Crippen LogP contribution in [0.3, 0.4) is 0 Å². The third-order valence-electron chi connectivity index (χ3n) is 6.10. The van der Waals surface area contributed by atoms with Crippen LogP contribution in [0.4, 0.5) is 9.18 Å². The van der Waals surface area contributed by atoms with Gasteiger partial charge in [-0.15, -0.1) is 0 Å². The molecule has 0 saturated carbocycles. The quantitative estimate of drug-likeness (QED) is 0.437. The van der Waals surface area contributed by atoms with Gasteiger partial charge in [0.2, 0.25) is 11.7 Å². The average molecular weight is 524 g/mol. The molecule has 0 radical (unpaired) electrons. The molecule has 2 N–H and O–H groups in total. The number of carboxylic acid groups (broad SMARTS) is 1. The van der Waals surface area contributed by atoms with Gasteiger partial charge in [0.15, 0.2) is 0 Å². The third kappa shape index (κ3) is 6.71. The predicted octanol–water partition coefficient (Wildman–Crippen LogP) is 2.90. The Hall–Kier alpha value is -2.76. The fourth-order valence-electron chi connectivity index (χ4n) is 4.16. The highest BCUT2D eigenvalue weighted by atomic mass is 35.5. The Morgan fingerprint density at radius 2 is 1.86 bits per heavy atom. The van der Waals surface area contributed by atoms with Gasteiger partial charge in [0.05, 0.1) is 18.8 Å². The highest BCUT2D eigenvalue weighted by molar-refractivity contribution is 6.30. The maximum atomic E-state index is 14.8. The lowest BCUT2D eigenvalue weighted by Gasteiger charge is -2.34. The molecule has 0 aliphatic carbocycles. The lowest BCUT2D eigenvalue weighted by molar-refractivity contribution is -0.186. The van der Waals surface area contributed by atoms with E-state index in [0.717, 1.165) is 18.0 Å². The Bertz CT molecular complexity index is 1050. The van der Waals surface area contributed by atoms with Crippen LogP contribution in [0.1, 0.15) is 16.7 Å². The first kappa shape index (κ1) is 27.8. The number of carbonyl (C=O) groups is 2. The summed E-state index contributed by atoms with van der Waals surface area (Å²) in [4.78, 5) is 27.5. The zero-order chi connectivity index (χ0) is 26.1. The molecule has 1 aliphatic heterocycles. The average Bonchev–Trinajstić information content (AvgIpc) is 2.88. The summed E-state index contributed by atoms with van der Waals surface area (Å²) >= 11 is 6.25. The van der Waals surface area contributed by atoms with E-state index in [9.17, 15) is 19.1 Å². The zero-order valence-corrected chi connectivity index (χ0v) is 21.1. The fraction of sp³-hybridized carbons (Fsp3) is 0.440. The van der Waals surface area contributed by atoms with E-state index in [1.807, 2.05) is 0 Å². The van der Waals surface area contributed by atoms with Crippen LogP contribution in [-0.2, 0) is 31.3 Å². The van der Waals surface area contributed by atoms with Crippen LogP contribution in [0, 0.1) is 5.82 Å². The van der Waals surface area contributed by atoms with E-state index in [2.05, 4.69) is 10.2 Å². The maximum Gasteiger partial charge on any atom is 0.407 e. The Labute approximate surface area is 214 Å². The van der Waals surface area contributed by atoms with Crippen molar-refractivity contribution < 1.29 is 33.3 Å². The molecule has 0 aromatic heterocycles. The summed E-state index contributed by atoms with van der Waals surface area (Å²) in [6.07, 6.45) is -1.18. The molecule has 9 nitrogen and oxygen atoms in total. The van der Waals surface area contributed by atoms with Gasteiger partial charge in [-0.25, -0.2) is 9.18 Å². The van der Waals surface area contributed by atoms with Crippen molar-refractivity contribution in [3.8, 4) is 0 Å². The number of halogens is 2. The largest absolute Gasteiger partial charge is 0.465 e. The van der Waals surface area contributed by atoms with Gasteiger partial charge in [-0.3, -0.25) is 14.6 Å². The third-order valence-corrected chi connectivity index (χ3v) is 6.34. The van der Waals surface area contributed by atoms with E-state index in [1.54, 1.807) is 36.4 Å². The molecule has 2 aromatic rings. The molecule has 196 valence electrons. The van der Waals surface area contributed by atoms with Crippen molar-refractivity contribution >= 4 is 23.6 Å². The topological polar surface area (TPSA) is 101 Å². The van der Waals surface area contributed by atoms with Crippen LogP contribution < -0.4 is 5.32 Å². The van der Waals surface area contributed by atoms with Crippen molar-refractivity contribution in [2.24, 2.45) is 0 Å². The SMILES string of the molecule is COC(OC)(c1ccccc1F)c1cc(Cl)ccc1CNC(=O)CN(CCN1CCOCC1)C(=O)O. The summed E-state index contributed by atoms with van der Waals surface area (Å²) in [6, 6.07) is 11.0. The van der Waals surface area contributed by atoms with E-state index in [4.69, 9.17) is 25.8 Å². The molecule has 1 fully saturated rings. The Morgan fingerprint density at radius 1 is 1.17 bits per heavy atom. The molecule has 11 heteroatoms. The molecule has 0 spiro atoms. The summed E-state index contributed by atoms with van der Waals surface area (Å²) in [6.45, 7) is 3.06. The van der Waals surface area contributed by atoms with E-state index in [1.165, 1.54) is 20.3 Å². The van der Waals surface area contributed by atoms with Crippen molar-refractivity contribution in [1.29, 1.82) is 0 Å². The second-order valence-electron chi connectivity index (χ2n) is 8.24. The summed E-state index contributed by atoms with van der Waals surface area (Å²) in [5, 5.41) is 12.7. The van der Waals surface area contributed by atoms with E-state index in [0.29, 0.717) is 35.9 Å². The van der Waals surface area contributed by atoms with Crippen molar-refractivity contribution in [1.82, 2.24) is 15.1 Å². The summed E-state index contributed by atoms with van der Waals surface area (Å²) in [7, 11) is 2.77. The van der Waals surface area contributed by atoms with E-state index in [-0.39, 0.29) is 25.2 Å². The van der Waals surface area contributed by atoms with Gasteiger partial charge in [-0.1, -0.05) is 35.9 Å². The first-order valence-corrected chi connectivity index (χ1v) is 11.9. The molecule has 0 bridgehead atoms. The van der Waals surface area contributed by atoms with Crippen molar-refractivity contribution in [2.75, 3.05) is 60.2 Å². The van der Waals surface area contributed by atoms with Gasteiger partial charge < -0.3 is 24.6 Å². The number of morpholine rings is 1. The minimum Gasteiger partial charge on any atom is -0.465 e. The summed E-state index contributed by atoms with van der Waals surface area (Å²) < 4.78 is 31.5. The number of hydrogen-bond donors (Lipinski definition) is 2. The minimum atomic E-state index is -1.62. The van der Waals surface area contributed by atoms with Gasteiger partial charge in [0.1, 0.15) is 12.4 Å².